The van der Waals surface area contributed by atoms with Gasteiger partial charge in [0.1, 0.15) is 17.2 Å². The van der Waals surface area contributed by atoms with Crippen LogP contribution in [0.1, 0.15) is 19.3 Å². The smallest absolute Gasteiger partial charge is 0.234 e. The van der Waals surface area contributed by atoms with E-state index < -0.39 is 0 Å². The molecule has 1 amide bonds. The highest BCUT2D eigenvalue weighted by atomic mass is 35.5. The molecule has 0 aliphatic carbocycles. The molecule has 3 rings (SSSR count). The fourth-order valence-corrected chi connectivity index (χ4v) is 3.85. The Bertz CT molecular complexity index is 733. The maximum absolute atomic E-state index is 12.1. The van der Waals surface area contributed by atoms with Crippen LogP contribution in [0.3, 0.4) is 0 Å². The fourth-order valence-electron chi connectivity index (χ4n) is 2.67. The minimum absolute atomic E-state index is 0.138. The van der Waals surface area contributed by atoms with Crippen molar-refractivity contribution in [3.63, 3.8) is 0 Å². The lowest BCUT2D eigenvalue weighted by Crippen LogP contribution is -2.30. The molecule has 0 bridgehead atoms. The minimum atomic E-state index is -0.138. The summed E-state index contributed by atoms with van der Waals surface area (Å²) >= 11 is 13.2. The van der Waals surface area contributed by atoms with Crippen LogP contribution in [-0.2, 0) is 4.79 Å². The Morgan fingerprint density at radius 3 is 2.52 bits per heavy atom. The summed E-state index contributed by atoms with van der Waals surface area (Å²) in [6.07, 6.45) is 5.21. The molecular formula is C17H18Cl2N4OS. The molecule has 25 heavy (non-hydrogen) atoms. The zero-order valence-electron chi connectivity index (χ0n) is 13.5. The van der Waals surface area contributed by atoms with E-state index in [2.05, 4.69) is 20.2 Å². The highest BCUT2D eigenvalue weighted by Gasteiger charge is 2.13. The Morgan fingerprint density at radius 2 is 1.80 bits per heavy atom. The number of hydrogen-bond acceptors (Lipinski definition) is 5. The van der Waals surface area contributed by atoms with Gasteiger partial charge in [-0.2, -0.15) is 0 Å². The molecule has 8 heteroatoms. The van der Waals surface area contributed by atoms with Crippen LogP contribution in [0.15, 0.2) is 35.6 Å². The van der Waals surface area contributed by atoms with Crippen LogP contribution in [0.25, 0.3) is 0 Å². The molecule has 1 aliphatic rings. The van der Waals surface area contributed by atoms with Crippen molar-refractivity contribution in [1.29, 1.82) is 0 Å². The molecule has 132 valence electrons. The molecular weight excluding hydrogens is 379 g/mol. The lowest BCUT2D eigenvalue weighted by molar-refractivity contribution is -0.113. The topological polar surface area (TPSA) is 58.1 Å². The maximum atomic E-state index is 12.1. The van der Waals surface area contributed by atoms with Gasteiger partial charge in [-0.15, -0.1) is 0 Å². The average molecular weight is 397 g/mol. The van der Waals surface area contributed by atoms with E-state index in [0.29, 0.717) is 15.7 Å². The molecule has 5 nitrogen and oxygen atoms in total. The van der Waals surface area contributed by atoms with Crippen molar-refractivity contribution >= 4 is 52.4 Å². The van der Waals surface area contributed by atoms with E-state index >= 15 is 0 Å². The molecule has 1 fully saturated rings. The number of anilines is 2. The van der Waals surface area contributed by atoms with Crippen LogP contribution in [0.4, 0.5) is 11.5 Å². The van der Waals surface area contributed by atoms with Gasteiger partial charge in [0.05, 0.1) is 5.75 Å². The van der Waals surface area contributed by atoms with E-state index in [4.69, 9.17) is 23.2 Å². The molecule has 2 heterocycles. The number of rotatable bonds is 5. The molecule has 2 aromatic rings. The van der Waals surface area contributed by atoms with Gasteiger partial charge < -0.3 is 10.2 Å². The quantitative estimate of drug-likeness (QED) is 0.595. The molecule has 0 atom stereocenters. The zero-order chi connectivity index (χ0) is 17.6. The number of carbonyl (C=O) groups excluding carboxylic acids is 1. The van der Waals surface area contributed by atoms with Gasteiger partial charge in [0.15, 0.2) is 0 Å². The molecule has 1 aromatic heterocycles. The lowest BCUT2D eigenvalue weighted by atomic mass is 10.1. The molecule has 0 spiro atoms. The van der Waals surface area contributed by atoms with Crippen LogP contribution < -0.4 is 10.2 Å². The molecule has 0 saturated carbocycles. The Hall–Kier alpha value is -1.50. The standard InChI is InChI=1S/C17H18Cl2N4OS/c18-12-6-13(19)8-14(7-12)22-16(24)10-25-17-9-15(20-11-21-17)23-4-2-1-3-5-23/h6-9,11H,1-5,10H2,(H,22,24). The molecule has 1 aromatic carbocycles. The number of thioether (sulfide) groups is 1. The summed E-state index contributed by atoms with van der Waals surface area (Å²) in [7, 11) is 0. The lowest BCUT2D eigenvalue weighted by Gasteiger charge is -2.27. The van der Waals surface area contributed by atoms with E-state index in [-0.39, 0.29) is 11.7 Å². The second-order valence-electron chi connectivity index (χ2n) is 5.76. The highest BCUT2D eigenvalue weighted by Crippen LogP contribution is 2.24. The van der Waals surface area contributed by atoms with Crippen LogP contribution in [0.5, 0.6) is 0 Å². The minimum Gasteiger partial charge on any atom is -0.356 e. The highest BCUT2D eigenvalue weighted by molar-refractivity contribution is 7.99. The first kappa shape index (κ1) is 18.3. The van der Waals surface area contributed by atoms with Crippen molar-refractivity contribution in [1.82, 2.24) is 9.97 Å². The van der Waals surface area contributed by atoms with Gasteiger partial charge >= 0.3 is 0 Å². The Kier molecular flexibility index (Phi) is 6.39. The summed E-state index contributed by atoms with van der Waals surface area (Å²) in [5, 5.41) is 4.54. The van der Waals surface area contributed by atoms with Gasteiger partial charge in [0.25, 0.3) is 0 Å². The van der Waals surface area contributed by atoms with Crippen molar-refractivity contribution in [2.24, 2.45) is 0 Å². The Balaban J connectivity index is 1.56. The number of amides is 1. The van der Waals surface area contributed by atoms with Gasteiger partial charge in [-0.05, 0) is 37.5 Å². The summed E-state index contributed by atoms with van der Waals surface area (Å²) in [5.41, 5.74) is 0.583. The summed E-state index contributed by atoms with van der Waals surface area (Å²) in [6.45, 7) is 2.05. The van der Waals surface area contributed by atoms with E-state index in [9.17, 15) is 4.79 Å². The van der Waals surface area contributed by atoms with Crippen molar-refractivity contribution in [2.45, 2.75) is 24.3 Å². The third kappa shape index (κ3) is 5.49. The number of aromatic nitrogens is 2. The first-order valence-electron chi connectivity index (χ1n) is 8.06. The summed E-state index contributed by atoms with van der Waals surface area (Å²) in [4.78, 5) is 23.0. The van der Waals surface area contributed by atoms with Crippen LogP contribution in [0.2, 0.25) is 10.0 Å². The second kappa shape index (κ2) is 8.74. The van der Waals surface area contributed by atoms with Crippen LogP contribution in [0, 0.1) is 0 Å². The van der Waals surface area contributed by atoms with Crippen LogP contribution in [-0.4, -0.2) is 34.7 Å². The number of halogens is 2. The normalized spacial score (nSPS) is 14.4. The molecule has 0 radical (unpaired) electrons. The monoisotopic (exact) mass is 396 g/mol. The van der Waals surface area contributed by atoms with Crippen molar-refractivity contribution in [2.75, 3.05) is 29.1 Å². The fraction of sp³-hybridized carbons (Fsp3) is 0.353. The third-order valence-electron chi connectivity index (χ3n) is 3.81. The first-order valence-corrected chi connectivity index (χ1v) is 9.80. The van der Waals surface area contributed by atoms with Gasteiger partial charge in [0.2, 0.25) is 5.91 Å². The van der Waals surface area contributed by atoms with Crippen molar-refractivity contribution in [3.05, 3.63) is 40.6 Å². The van der Waals surface area contributed by atoms with E-state index in [1.807, 2.05) is 6.07 Å². The largest absolute Gasteiger partial charge is 0.356 e. The third-order valence-corrected chi connectivity index (χ3v) is 5.17. The molecule has 1 N–H and O–H groups in total. The average Bonchev–Trinajstić information content (AvgIpc) is 2.60. The Morgan fingerprint density at radius 1 is 1.08 bits per heavy atom. The second-order valence-corrected chi connectivity index (χ2v) is 7.63. The predicted molar refractivity (Wildman–Crippen MR) is 104 cm³/mol. The van der Waals surface area contributed by atoms with E-state index in [1.165, 1.54) is 31.0 Å². The summed E-state index contributed by atoms with van der Waals surface area (Å²) in [5.74, 6) is 1.04. The SMILES string of the molecule is O=C(CSc1cc(N2CCCCC2)ncn1)Nc1cc(Cl)cc(Cl)c1. The van der Waals surface area contributed by atoms with E-state index in [0.717, 1.165) is 23.9 Å². The van der Waals surface area contributed by atoms with Gasteiger partial charge in [0, 0.05) is 34.9 Å². The number of benzene rings is 1. The number of piperidine rings is 1. The maximum Gasteiger partial charge on any atom is 0.234 e. The first-order chi connectivity index (χ1) is 12.1. The summed E-state index contributed by atoms with van der Waals surface area (Å²) < 4.78 is 0. The zero-order valence-corrected chi connectivity index (χ0v) is 15.9. The Labute approximate surface area is 161 Å². The number of nitrogens with zero attached hydrogens (tertiary/aromatic N) is 3. The number of carbonyl (C=O) groups is 1. The number of hydrogen-bond donors (Lipinski definition) is 1. The summed E-state index contributed by atoms with van der Waals surface area (Å²) in [6, 6.07) is 6.89. The molecule has 0 unspecified atom stereocenters. The van der Waals surface area contributed by atoms with Gasteiger partial charge in [-0.3, -0.25) is 4.79 Å². The van der Waals surface area contributed by atoms with E-state index in [1.54, 1.807) is 24.5 Å². The van der Waals surface area contributed by atoms with Crippen molar-refractivity contribution < 1.29 is 4.79 Å². The molecule has 1 saturated heterocycles. The van der Waals surface area contributed by atoms with Crippen LogP contribution >= 0.6 is 35.0 Å². The van der Waals surface area contributed by atoms with Gasteiger partial charge in [-0.1, -0.05) is 35.0 Å². The molecule has 1 aliphatic heterocycles. The van der Waals surface area contributed by atoms with Crippen molar-refractivity contribution in [3.8, 4) is 0 Å². The number of nitrogens with one attached hydrogen (secondary N) is 1. The van der Waals surface area contributed by atoms with Gasteiger partial charge in [-0.25, -0.2) is 9.97 Å². The predicted octanol–water partition coefficient (Wildman–Crippen LogP) is 4.50.